The summed E-state index contributed by atoms with van der Waals surface area (Å²) < 4.78 is 5.03. The lowest BCUT2D eigenvalue weighted by Gasteiger charge is -2.12. The molecule has 0 saturated carbocycles. The molecule has 0 aromatic heterocycles. The van der Waals surface area contributed by atoms with E-state index < -0.39 is 4.92 Å². The SMILES string of the molecule is COc1cc(NCC[C@H]2CCCN2)ccc1[N+](=O)[O-]. The van der Waals surface area contributed by atoms with Gasteiger partial charge in [0.2, 0.25) is 0 Å². The van der Waals surface area contributed by atoms with Crippen LogP contribution >= 0.6 is 0 Å². The van der Waals surface area contributed by atoms with Gasteiger partial charge in [0.05, 0.1) is 12.0 Å². The largest absolute Gasteiger partial charge is 0.490 e. The normalized spacial score (nSPS) is 18.3. The number of anilines is 1. The molecule has 1 fully saturated rings. The number of rotatable bonds is 6. The monoisotopic (exact) mass is 265 g/mol. The fourth-order valence-electron chi connectivity index (χ4n) is 2.33. The maximum absolute atomic E-state index is 10.8. The molecule has 19 heavy (non-hydrogen) atoms. The van der Waals surface area contributed by atoms with E-state index in [2.05, 4.69) is 10.6 Å². The van der Waals surface area contributed by atoms with Gasteiger partial charge in [0.1, 0.15) is 0 Å². The van der Waals surface area contributed by atoms with Gasteiger partial charge in [0.25, 0.3) is 0 Å². The van der Waals surface area contributed by atoms with E-state index in [0.29, 0.717) is 6.04 Å². The van der Waals surface area contributed by atoms with Gasteiger partial charge in [-0.05, 0) is 31.9 Å². The van der Waals surface area contributed by atoms with Gasteiger partial charge in [-0.25, -0.2) is 0 Å². The summed E-state index contributed by atoms with van der Waals surface area (Å²) in [5.41, 5.74) is 0.839. The summed E-state index contributed by atoms with van der Waals surface area (Å²) in [4.78, 5) is 10.3. The molecule has 2 rings (SSSR count). The molecule has 0 amide bonds. The Morgan fingerprint density at radius 3 is 3.05 bits per heavy atom. The average Bonchev–Trinajstić information content (AvgIpc) is 2.91. The van der Waals surface area contributed by atoms with Crippen molar-refractivity contribution in [3.8, 4) is 5.75 Å². The number of hydrogen-bond donors (Lipinski definition) is 2. The highest BCUT2D eigenvalue weighted by Crippen LogP contribution is 2.29. The molecule has 0 radical (unpaired) electrons. The molecule has 1 aliphatic heterocycles. The molecule has 1 atom stereocenters. The molecule has 0 bridgehead atoms. The van der Waals surface area contributed by atoms with Crippen molar-refractivity contribution in [2.45, 2.75) is 25.3 Å². The molecular weight excluding hydrogens is 246 g/mol. The van der Waals surface area contributed by atoms with E-state index in [1.54, 1.807) is 12.1 Å². The van der Waals surface area contributed by atoms with Gasteiger partial charge in [0.15, 0.2) is 5.75 Å². The van der Waals surface area contributed by atoms with Crippen LogP contribution in [0, 0.1) is 10.1 Å². The molecule has 2 N–H and O–H groups in total. The zero-order chi connectivity index (χ0) is 13.7. The summed E-state index contributed by atoms with van der Waals surface area (Å²) in [7, 11) is 1.44. The minimum absolute atomic E-state index is 0.00879. The number of benzene rings is 1. The number of nitro benzene ring substituents is 1. The first-order valence-corrected chi connectivity index (χ1v) is 6.50. The second kappa shape index (κ2) is 6.38. The number of ether oxygens (including phenoxy) is 1. The Kier molecular flexibility index (Phi) is 4.57. The molecule has 1 aliphatic rings. The molecule has 1 aromatic carbocycles. The first-order valence-electron chi connectivity index (χ1n) is 6.50. The van der Waals surface area contributed by atoms with E-state index in [1.165, 1.54) is 26.0 Å². The maximum Gasteiger partial charge on any atom is 0.311 e. The number of methoxy groups -OCH3 is 1. The third kappa shape index (κ3) is 3.57. The van der Waals surface area contributed by atoms with E-state index in [0.717, 1.165) is 25.2 Å². The van der Waals surface area contributed by atoms with E-state index in [-0.39, 0.29) is 11.4 Å². The first kappa shape index (κ1) is 13.6. The molecule has 1 aromatic rings. The topological polar surface area (TPSA) is 76.4 Å². The molecular formula is C13H19N3O3. The minimum atomic E-state index is -0.439. The second-order valence-corrected chi connectivity index (χ2v) is 4.65. The highest BCUT2D eigenvalue weighted by molar-refractivity contribution is 5.57. The standard InChI is InChI=1S/C13H19N3O3/c1-19-13-9-11(4-5-12(13)16(17)18)15-8-6-10-3-2-7-14-10/h4-5,9-10,14-15H,2-3,6-8H2,1H3/t10-/m1/s1. The van der Waals surface area contributed by atoms with Gasteiger partial charge in [-0.3, -0.25) is 10.1 Å². The Balaban J connectivity index is 1.91. The summed E-state index contributed by atoms with van der Waals surface area (Å²) in [6.07, 6.45) is 3.53. The van der Waals surface area contributed by atoms with E-state index in [9.17, 15) is 10.1 Å². The van der Waals surface area contributed by atoms with Crippen LogP contribution in [0.15, 0.2) is 18.2 Å². The van der Waals surface area contributed by atoms with Crippen LogP contribution in [-0.4, -0.2) is 31.2 Å². The summed E-state index contributed by atoms with van der Waals surface area (Å²) in [5, 5.41) is 17.5. The van der Waals surface area contributed by atoms with Crippen molar-refractivity contribution in [2.24, 2.45) is 0 Å². The fourth-order valence-corrected chi connectivity index (χ4v) is 2.33. The molecule has 104 valence electrons. The lowest BCUT2D eigenvalue weighted by molar-refractivity contribution is -0.385. The Morgan fingerprint density at radius 2 is 2.42 bits per heavy atom. The molecule has 0 aliphatic carbocycles. The van der Waals surface area contributed by atoms with Crippen LogP contribution in [0.3, 0.4) is 0 Å². The first-order chi connectivity index (χ1) is 9.20. The third-order valence-electron chi connectivity index (χ3n) is 3.36. The molecule has 6 heteroatoms. The van der Waals surface area contributed by atoms with Gasteiger partial charge in [-0.2, -0.15) is 0 Å². The minimum Gasteiger partial charge on any atom is -0.490 e. The van der Waals surface area contributed by atoms with Crippen molar-refractivity contribution in [2.75, 3.05) is 25.5 Å². The van der Waals surface area contributed by atoms with Crippen molar-refractivity contribution in [1.29, 1.82) is 0 Å². The second-order valence-electron chi connectivity index (χ2n) is 4.65. The summed E-state index contributed by atoms with van der Waals surface area (Å²) in [5.74, 6) is 0.286. The lowest BCUT2D eigenvalue weighted by Crippen LogP contribution is -2.24. The Morgan fingerprint density at radius 1 is 1.58 bits per heavy atom. The number of hydrogen-bond acceptors (Lipinski definition) is 5. The highest BCUT2D eigenvalue weighted by atomic mass is 16.6. The predicted molar refractivity (Wildman–Crippen MR) is 73.8 cm³/mol. The number of nitrogens with one attached hydrogen (secondary N) is 2. The van der Waals surface area contributed by atoms with Crippen molar-refractivity contribution in [3.63, 3.8) is 0 Å². The van der Waals surface area contributed by atoms with Gasteiger partial charge >= 0.3 is 5.69 Å². The predicted octanol–water partition coefficient (Wildman–Crippen LogP) is 2.16. The molecule has 6 nitrogen and oxygen atoms in total. The van der Waals surface area contributed by atoms with E-state index >= 15 is 0 Å². The van der Waals surface area contributed by atoms with Crippen LogP contribution in [0.1, 0.15) is 19.3 Å². The quantitative estimate of drug-likeness (QED) is 0.609. The Bertz CT molecular complexity index is 445. The maximum atomic E-state index is 10.8. The van der Waals surface area contributed by atoms with Gasteiger partial charge in [0, 0.05) is 30.4 Å². The van der Waals surface area contributed by atoms with Crippen LogP contribution in [0.25, 0.3) is 0 Å². The van der Waals surface area contributed by atoms with Gasteiger partial charge in [-0.1, -0.05) is 0 Å². The summed E-state index contributed by atoms with van der Waals surface area (Å²) in [6, 6.07) is 5.44. The molecule has 0 unspecified atom stereocenters. The Hall–Kier alpha value is -1.82. The zero-order valence-electron chi connectivity index (χ0n) is 11.0. The van der Waals surface area contributed by atoms with Crippen LogP contribution < -0.4 is 15.4 Å². The third-order valence-corrected chi connectivity index (χ3v) is 3.36. The average molecular weight is 265 g/mol. The van der Waals surface area contributed by atoms with Gasteiger partial charge < -0.3 is 15.4 Å². The van der Waals surface area contributed by atoms with Crippen LogP contribution in [0.2, 0.25) is 0 Å². The van der Waals surface area contributed by atoms with Crippen molar-refractivity contribution in [3.05, 3.63) is 28.3 Å². The number of nitrogens with zero attached hydrogens (tertiary/aromatic N) is 1. The number of nitro groups is 1. The Labute approximate surface area is 112 Å². The summed E-state index contributed by atoms with van der Waals surface area (Å²) in [6.45, 7) is 1.95. The smallest absolute Gasteiger partial charge is 0.311 e. The van der Waals surface area contributed by atoms with Crippen molar-refractivity contribution >= 4 is 11.4 Å². The van der Waals surface area contributed by atoms with Crippen LogP contribution in [0.5, 0.6) is 5.75 Å². The van der Waals surface area contributed by atoms with Crippen LogP contribution in [-0.2, 0) is 0 Å². The van der Waals surface area contributed by atoms with E-state index in [4.69, 9.17) is 4.74 Å². The molecule has 1 heterocycles. The van der Waals surface area contributed by atoms with Crippen molar-refractivity contribution < 1.29 is 9.66 Å². The fraction of sp³-hybridized carbons (Fsp3) is 0.538. The van der Waals surface area contributed by atoms with E-state index in [1.807, 2.05) is 0 Å². The lowest BCUT2D eigenvalue weighted by atomic mass is 10.1. The van der Waals surface area contributed by atoms with Crippen molar-refractivity contribution in [1.82, 2.24) is 5.32 Å². The van der Waals surface area contributed by atoms with Gasteiger partial charge in [-0.15, -0.1) is 0 Å². The highest BCUT2D eigenvalue weighted by Gasteiger charge is 2.15. The zero-order valence-corrected chi connectivity index (χ0v) is 11.0. The summed E-state index contributed by atoms with van der Waals surface area (Å²) >= 11 is 0. The van der Waals surface area contributed by atoms with Crippen LogP contribution in [0.4, 0.5) is 11.4 Å². The molecule has 1 saturated heterocycles. The molecule has 0 spiro atoms.